The van der Waals surface area contributed by atoms with Gasteiger partial charge in [-0.3, -0.25) is 9.59 Å². The van der Waals surface area contributed by atoms with E-state index in [1.165, 1.54) is 10.4 Å². The highest BCUT2D eigenvalue weighted by molar-refractivity contribution is 7.14. The molecule has 2 aromatic rings. The van der Waals surface area contributed by atoms with E-state index in [1.807, 2.05) is 15.5 Å². The highest BCUT2D eigenvalue weighted by Gasteiger charge is 2.42. The van der Waals surface area contributed by atoms with Crippen LogP contribution in [-0.2, 0) is 23.3 Å². The minimum atomic E-state index is -0.194. The Morgan fingerprint density at radius 1 is 1.20 bits per heavy atom. The maximum atomic E-state index is 13.5. The molecule has 2 bridgehead atoms. The first-order valence-corrected chi connectivity index (χ1v) is 11.9. The van der Waals surface area contributed by atoms with Crippen molar-refractivity contribution < 1.29 is 9.53 Å². The van der Waals surface area contributed by atoms with Crippen LogP contribution in [0.2, 0.25) is 0 Å². The van der Waals surface area contributed by atoms with Gasteiger partial charge in [-0.25, -0.2) is 0 Å². The number of rotatable bonds is 1. The van der Waals surface area contributed by atoms with Crippen LogP contribution in [0.3, 0.4) is 0 Å². The molecular weight excluding hydrogens is 398 g/mol. The van der Waals surface area contributed by atoms with Gasteiger partial charge in [-0.05, 0) is 62.4 Å². The molecule has 0 radical (unpaired) electrons. The summed E-state index contributed by atoms with van der Waals surface area (Å²) in [5.74, 6) is 0.762. The quantitative estimate of drug-likeness (QED) is 0.762. The van der Waals surface area contributed by atoms with Gasteiger partial charge in [0.1, 0.15) is 5.60 Å². The van der Waals surface area contributed by atoms with E-state index >= 15 is 0 Å². The standard InChI is InChI=1S/C23H27N3O3S/c27-20-3-1-2-18-17-10-15(13-26(18)20)12-25(14-17)22(28)19-11-16-4-9-29-23(21(16)30-19)5-7-24-8-6-23/h1-3,11,15,17,24H,4-10,12-14H2. The predicted octanol–water partition coefficient (Wildman–Crippen LogP) is 2.32. The third-order valence-electron chi connectivity index (χ3n) is 7.36. The Kier molecular flexibility index (Phi) is 4.41. The van der Waals surface area contributed by atoms with E-state index < -0.39 is 0 Å². The molecule has 1 spiro atoms. The molecule has 1 amide bonds. The predicted molar refractivity (Wildman–Crippen MR) is 115 cm³/mol. The van der Waals surface area contributed by atoms with Crippen molar-refractivity contribution in [3.05, 3.63) is 55.6 Å². The van der Waals surface area contributed by atoms with E-state index in [2.05, 4.69) is 17.4 Å². The van der Waals surface area contributed by atoms with E-state index in [0.29, 0.717) is 12.5 Å². The number of amides is 1. The smallest absolute Gasteiger partial charge is 0.263 e. The second kappa shape index (κ2) is 7.04. The molecule has 2 unspecified atom stereocenters. The average Bonchev–Trinajstić information content (AvgIpc) is 3.21. The zero-order valence-electron chi connectivity index (χ0n) is 17.1. The molecule has 0 aliphatic carbocycles. The molecule has 30 heavy (non-hydrogen) atoms. The first-order chi connectivity index (χ1) is 14.6. The van der Waals surface area contributed by atoms with E-state index in [0.717, 1.165) is 69.0 Å². The number of aromatic nitrogens is 1. The largest absolute Gasteiger partial charge is 0.369 e. The highest BCUT2D eigenvalue weighted by Crippen LogP contribution is 2.45. The van der Waals surface area contributed by atoms with Crippen LogP contribution in [0.1, 0.15) is 51.0 Å². The Bertz CT molecular complexity index is 1050. The maximum absolute atomic E-state index is 13.5. The van der Waals surface area contributed by atoms with Crippen LogP contribution in [0.25, 0.3) is 0 Å². The number of ether oxygens (including phenoxy) is 1. The molecule has 0 saturated carbocycles. The Labute approximate surface area is 179 Å². The maximum Gasteiger partial charge on any atom is 0.263 e. The number of carbonyl (C=O) groups excluding carboxylic acids is 1. The van der Waals surface area contributed by atoms with Crippen molar-refractivity contribution in [2.24, 2.45) is 5.92 Å². The molecule has 6 rings (SSSR count). The lowest BCUT2D eigenvalue weighted by Gasteiger charge is -2.42. The number of fused-ring (bicyclic) bond motifs is 6. The average molecular weight is 426 g/mol. The number of hydrogen-bond donors (Lipinski definition) is 1. The first-order valence-electron chi connectivity index (χ1n) is 11.1. The lowest BCUT2D eigenvalue weighted by molar-refractivity contribution is -0.0771. The van der Waals surface area contributed by atoms with Crippen LogP contribution in [0, 0.1) is 5.92 Å². The van der Waals surface area contributed by atoms with Crippen molar-refractivity contribution in [1.82, 2.24) is 14.8 Å². The van der Waals surface area contributed by atoms with Gasteiger partial charge < -0.3 is 19.5 Å². The topological polar surface area (TPSA) is 63.6 Å². The number of hydrogen-bond acceptors (Lipinski definition) is 5. The summed E-state index contributed by atoms with van der Waals surface area (Å²) in [6, 6.07) is 7.68. The van der Waals surface area contributed by atoms with Crippen molar-refractivity contribution in [3.8, 4) is 0 Å². The SMILES string of the molecule is O=C(c1cc2c(s1)C1(CCNCC1)OCC2)N1CC2CC(C1)c1cccc(=O)n1C2. The zero-order valence-corrected chi connectivity index (χ0v) is 17.9. The molecule has 7 heteroatoms. The second-order valence-corrected chi connectivity index (χ2v) is 10.3. The first kappa shape index (κ1) is 18.8. The van der Waals surface area contributed by atoms with Crippen molar-refractivity contribution in [2.45, 2.75) is 43.7 Å². The molecule has 6 nitrogen and oxygen atoms in total. The molecule has 158 valence electrons. The summed E-state index contributed by atoms with van der Waals surface area (Å²) < 4.78 is 8.21. The number of likely N-dealkylation sites (tertiary alicyclic amines) is 1. The Morgan fingerprint density at radius 3 is 2.93 bits per heavy atom. The fraction of sp³-hybridized carbons (Fsp3) is 0.565. The normalized spacial score (nSPS) is 26.9. The number of carbonyl (C=O) groups is 1. The molecular formula is C23H27N3O3S. The summed E-state index contributed by atoms with van der Waals surface area (Å²) in [5, 5.41) is 3.43. The zero-order chi connectivity index (χ0) is 20.3. The molecule has 0 aromatic carbocycles. The fourth-order valence-corrected chi connectivity index (χ4v) is 7.33. The lowest BCUT2D eigenvalue weighted by Crippen LogP contribution is -2.49. The van der Waals surface area contributed by atoms with Gasteiger partial charge in [0.25, 0.3) is 11.5 Å². The molecule has 2 saturated heterocycles. The van der Waals surface area contributed by atoms with Crippen LogP contribution in [0.5, 0.6) is 0 Å². The molecule has 1 N–H and O–H groups in total. The number of nitrogens with one attached hydrogen (secondary N) is 1. The van der Waals surface area contributed by atoms with Crippen molar-refractivity contribution in [2.75, 3.05) is 32.8 Å². The Balaban J connectivity index is 1.28. The van der Waals surface area contributed by atoms with Gasteiger partial charge in [-0.2, -0.15) is 0 Å². The van der Waals surface area contributed by atoms with Gasteiger partial charge in [0.15, 0.2) is 0 Å². The Hall–Kier alpha value is -1.96. The van der Waals surface area contributed by atoms with Crippen LogP contribution < -0.4 is 10.9 Å². The van der Waals surface area contributed by atoms with Crippen LogP contribution in [-0.4, -0.2) is 48.2 Å². The molecule has 4 aliphatic heterocycles. The summed E-state index contributed by atoms with van der Waals surface area (Å²) in [4.78, 5) is 29.9. The van der Waals surface area contributed by atoms with Crippen LogP contribution in [0.4, 0.5) is 0 Å². The summed E-state index contributed by atoms with van der Waals surface area (Å²) in [5.41, 5.74) is 2.29. The third-order valence-corrected chi connectivity index (χ3v) is 8.71. The molecule has 4 aliphatic rings. The van der Waals surface area contributed by atoms with Gasteiger partial charge in [0, 0.05) is 42.2 Å². The van der Waals surface area contributed by atoms with E-state index in [1.54, 1.807) is 17.4 Å². The number of nitrogens with zero attached hydrogens (tertiary/aromatic N) is 2. The summed E-state index contributed by atoms with van der Waals surface area (Å²) in [6.07, 6.45) is 3.93. The third kappa shape index (κ3) is 2.90. The van der Waals surface area contributed by atoms with Gasteiger partial charge in [0.05, 0.1) is 11.5 Å². The lowest BCUT2D eigenvalue weighted by atomic mass is 9.83. The van der Waals surface area contributed by atoms with Gasteiger partial charge in [0.2, 0.25) is 0 Å². The monoisotopic (exact) mass is 425 g/mol. The molecule has 2 atom stereocenters. The number of thiophene rings is 1. The summed E-state index contributed by atoms with van der Waals surface area (Å²) in [6.45, 7) is 4.85. The van der Waals surface area contributed by atoms with E-state index in [9.17, 15) is 9.59 Å². The van der Waals surface area contributed by atoms with Crippen molar-refractivity contribution in [1.29, 1.82) is 0 Å². The highest BCUT2D eigenvalue weighted by atomic mass is 32.1. The molecule has 2 aromatic heterocycles. The van der Waals surface area contributed by atoms with E-state index in [-0.39, 0.29) is 23.0 Å². The number of piperidine rings is 2. The molecule has 2 fully saturated rings. The minimum Gasteiger partial charge on any atom is -0.369 e. The van der Waals surface area contributed by atoms with E-state index in [4.69, 9.17) is 4.74 Å². The van der Waals surface area contributed by atoms with Gasteiger partial charge in [-0.15, -0.1) is 11.3 Å². The minimum absolute atomic E-state index is 0.0835. The van der Waals surface area contributed by atoms with Crippen LogP contribution >= 0.6 is 11.3 Å². The van der Waals surface area contributed by atoms with Crippen molar-refractivity contribution >= 4 is 17.2 Å². The van der Waals surface area contributed by atoms with Gasteiger partial charge in [-0.1, -0.05) is 6.07 Å². The second-order valence-electron chi connectivity index (χ2n) is 9.22. The summed E-state index contributed by atoms with van der Waals surface area (Å²) >= 11 is 1.66. The van der Waals surface area contributed by atoms with Crippen molar-refractivity contribution in [3.63, 3.8) is 0 Å². The fourth-order valence-electron chi connectivity index (χ4n) is 5.95. The van der Waals surface area contributed by atoms with Crippen LogP contribution in [0.15, 0.2) is 29.1 Å². The summed E-state index contributed by atoms with van der Waals surface area (Å²) in [7, 11) is 0. The molecule has 6 heterocycles. The Morgan fingerprint density at radius 2 is 2.07 bits per heavy atom. The number of pyridine rings is 1. The van der Waals surface area contributed by atoms with Gasteiger partial charge >= 0.3 is 0 Å².